The summed E-state index contributed by atoms with van der Waals surface area (Å²) >= 11 is 0. The van der Waals surface area contributed by atoms with Crippen LogP contribution in [0, 0.1) is 0 Å². The summed E-state index contributed by atoms with van der Waals surface area (Å²) in [5.41, 5.74) is 0.877. The second kappa shape index (κ2) is 7.41. The summed E-state index contributed by atoms with van der Waals surface area (Å²) in [5.74, 6) is 0. The average molecular weight is 225 g/mol. The smallest absolute Gasteiger partial charge is 0.342 e. The second-order valence-corrected chi connectivity index (χ2v) is 4.79. The molecule has 0 atom stereocenters. The zero-order valence-corrected chi connectivity index (χ0v) is 10.4. The maximum absolute atomic E-state index is 10.0. The van der Waals surface area contributed by atoms with Gasteiger partial charge in [-0.25, -0.2) is 0 Å². The first-order chi connectivity index (χ1) is 7.29. The minimum atomic E-state index is -1.93. The molecule has 1 aromatic rings. The molecule has 1 aromatic carbocycles. The molecule has 0 unspecified atom stereocenters. The molecule has 1 rings (SSSR count). The first kappa shape index (κ1) is 15.1. The van der Waals surface area contributed by atoms with Crippen molar-refractivity contribution in [1.29, 1.82) is 0 Å². The fourth-order valence-electron chi connectivity index (χ4n) is 0.742. The van der Waals surface area contributed by atoms with E-state index in [-0.39, 0.29) is 6.61 Å². The molecule has 90 valence electrons. The zero-order chi connectivity index (χ0) is 12.6. The molecular weight excluding hydrogens is 205 g/mol. The quantitative estimate of drug-likeness (QED) is 0.575. The SMILES string of the molecule is C[N+](C)(C)C.[O-]B(O)OCc1ccccc1. The number of rotatable bonds is 3. The Morgan fingerprint density at radius 1 is 1.19 bits per heavy atom. The molecule has 0 spiro atoms. The van der Waals surface area contributed by atoms with Gasteiger partial charge in [-0.15, -0.1) is 0 Å². The van der Waals surface area contributed by atoms with Gasteiger partial charge in [-0.3, -0.25) is 0 Å². The highest BCUT2D eigenvalue weighted by molar-refractivity contribution is 6.30. The molecule has 0 aromatic heterocycles. The van der Waals surface area contributed by atoms with E-state index in [4.69, 9.17) is 5.02 Å². The molecule has 5 heteroatoms. The predicted octanol–water partition coefficient (Wildman–Crippen LogP) is -0.137. The lowest BCUT2D eigenvalue weighted by Crippen LogP contribution is -2.33. The minimum Gasteiger partial charge on any atom is -0.832 e. The zero-order valence-electron chi connectivity index (χ0n) is 10.4. The lowest BCUT2D eigenvalue weighted by molar-refractivity contribution is -0.849. The first-order valence-electron chi connectivity index (χ1n) is 5.07. The number of quaternary nitrogens is 1. The highest BCUT2D eigenvalue weighted by Crippen LogP contribution is 1.99. The van der Waals surface area contributed by atoms with E-state index in [1.165, 1.54) is 0 Å². The predicted molar refractivity (Wildman–Crippen MR) is 63.2 cm³/mol. The topological polar surface area (TPSA) is 52.5 Å². The Kier molecular flexibility index (Phi) is 7.00. The van der Waals surface area contributed by atoms with Gasteiger partial charge in [-0.05, 0) is 5.56 Å². The van der Waals surface area contributed by atoms with Crippen molar-refractivity contribution in [3.8, 4) is 0 Å². The normalized spacial score (nSPS) is 10.4. The highest BCUT2D eigenvalue weighted by atomic mass is 16.6. The third-order valence-electron chi connectivity index (χ3n) is 1.24. The van der Waals surface area contributed by atoms with Crippen LogP contribution in [0.15, 0.2) is 30.3 Å². The molecule has 0 bridgehead atoms. The molecule has 0 amide bonds. The molecule has 0 heterocycles. The van der Waals surface area contributed by atoms with Crippen LogP contribution in [0.25, 0.3) is 0 Å². The molecule has 0 radical (unpaired) electrons. The Morgan fingerprint density at radius 3 is 2.00 bits per heavy atom. The van der Waals surface area contributed by atoms with Crippen molar-refractivity contribution in [3.63, 3.8) is 0 Å². The van der Waals surface area contributed by atoms with E-state index in [9.17, 15) is 5.02 Å². The van der Waals surface area contributed by atoms with Crippen LogP contribution < -0.4 is 5.02 Å². The molecule has 0 saturated carbocycles. The van der Waals surface area contributed by atoms with Crippen LogP contribution in [0.3, 0.4) is 0 Å². The molecular formula is C11H20BNO3. The van der Waals surface area contributed by atoms with Gasteiger partial charge < -0.3 is 19.2 Å². The Morgan fingerprint density at radius 2 is 1.62 bits per heavy atom. The molecule has 16 heavy (non-hydrogen) atoms. The van der Waals surface area contributed by atoms with Gasteiger partial charge in [0.25, 0.3) is 0 Å². The molecule has 0 saturated heterocycles. The van der Waals surface area contributed by atoms with Crippen LogP contribution in [-0.2, 0) is 11.3 Å². The van der Waals surface area contributed by atoms with Crippen molar-refractivity contribution in [2.75, 3.05) is 28.2 Å². The van der Waals surface area contributed by atoms with Gasteiger partial charge in [0.2, 0.25) is 0 Å². The summed E-state index contributed by atoms with van der Waals surface area (Å²) in [6, 6.07) is 9.20. The highest BCUT2D eigenvalue weighted by Gasteiger charge is 1.93. The summed E-state index contributed by atoms with van der Waals surface area (Å²) in [5, 5.41) is 18.3. The van der Waals surface area contributed by atoms with Gasteiger partial charge in [0.1, 0.15) is 0 Å². The Balaban J connectivity index is 0.000000385. The van der Waals surface area contributed by atoms with Crippen LogP contribution in [0.4, 0.5) is 0 Å². The summed E-state index contributed by atoms with van der Waals surface area (Å²) in [6.07, 6.45) is 0. The maximum Gasteiger partial charge on any atom is 0.342 e. The van der Waals surface area contributed by atoms with E-state index < -0.39 is 7.32 Å². The van der Waals surface area contributed by atoms with E-state index >= 15 is 0 Å². The first-order valence-corrected chi connectivity index (χ1v) is 5.07. The monoisotopic (exact) mass is 225 g/mol. The van der Waals surface area contributed by atoms with E-state index in [0.717, 1.165) is 10.0 Å². The van der Waals surface area contributed by atoms with Gasteiger partial charge in [0, 0.05) is 0 Å². The van der Waals surface area contributed by atoms with Crippen molar-refractivity contribution in [1.82, 2.24) is 0 Å². The summed E-state index contributed by atoms with van der Waals surface area (Å²) < 4.78 is 5.43. The summed E-state index contributed by atoms with van der Waals surface area (Å²) in [6.45, 7) is 0.158. The fourth-order valence-corrected chi connectivity index (χ4v) is 0.742. The van der Waals surface area contributed by atoms with Crippen molar-refractivity contribution in [2.45, 2.75) is 6.61 Å². The van der Waals surface area contributed by atoms with Gasteiger partial charge in [0.05, 0.1) is 34.8 Å². The lowest BCUT2D eigenvalue weighted by atomic mass is 10.2. The number of hydrogen-bond donors (Lipinski definition) is 1. The van der Waals surface area contributed by atoms with Gasteiger partial charge in [0.15, 0.2) is 0 Å². The third kappa shape index (κ3) is 13.1. The van der Waals surface area contributed by atoms with Gasteiger partial charge in [-0.2, -0.15) is 0 Å². The molecule has 0 aliphatic heterocycles. The largest absolute Gasteiger partial charge is 0.832 e. The standard InChI is InChI=1S/C7H8BO3.C4H12N/c9-8(10)11-6-7-4-2-1-3-5-7;1-5(2,3)4/h1-5,9H,6H2;1-4H3/q-1;+1. The van der Waals surface area contributed by atoms with Gasteiger partial charge >= 0.3 is 7.32 Å². The van der Waals surface area contributed by atoms with Crippen LogP contribution >= 0.6 is 0 Å². The van der Waals surface area contributed by atoms with Crippen molar-refractivity contribution < 1.29 is 19.2 Å². The number of hydrogen-bond acceptors (Lipinski definition) is 3. The summed E-state index contributed by atoms with van der Waals surface area (Å²) in [4.78, 5) is 0. The van der Waals surface area contributed by atoms with E-state index in [1.54, 1.807) is 0 Å². The average Bonchev–Trinajstić information content (AvgIpc) is 2.14. The van der Waals surface area contributed by atoms with Crippen molar-refractivity contribution in [2.24, 2.45) is 0 Å². The maximum atomic E-state index is 10.0. The number of nitrogens with zero attached hydrogens (tertiary/aromatic N) is 1. The van der Waals surface area contributed by atoms with E-state index in [2.05, 4.69) is 32.8 Å². The minimum absolute atomic E-state index is 0.158. The third-order valence-corrected chi connectivity index (χ3v) is 1.24. The fraction of sp³-hybridized carbons (Fsp3) is 0.455. The molecule has 0 fully saturated rings. The Bertz CT molecular complexity index is 266. The van der Waals surface area contributed by atoms with Crippen LogP contribution in [0.2, 0.25) is 0 Å². The second-order valence-electron chi connectivity index (χ2n) is 4.79. The van der Waals surface area contributed by atoms with Crippen LogP contribution in [0.5, 0.6) is 0 Å². The van der Waals surface area contributed by atoms with E-state index in [0.29, 0.717) is 0 Å². The van der Waals surface area contributed by atoms with E-state index in [1.807, 2.05) is 30.3 Å². The molecule has 4 nitrogen and oxygen atoms in total. The molecule has 0 aliphatic rings. The number of benzene rings is 1. The Labute approximate surface area is 97.9 Å². The summed E-state index contributed by atoms with van der Waals surface area (Å²) in [7, 11) is 6.57. The molecule has 0 aliphatic carbocycles. The lowest BCUT2D eigenvalue weighted by Gasteiger charge is -2.14. The van der Waals surface area contributed by atoms with Crippen molar-refractivity contribution in [3.05, 3.63) is 35.9 Å². The van der Waals surface area contributed by atoms with Crippen molar-refractivity contribution >= 4 is 7.32 Å². The molecule has 1 N–H and O–H groups in total. The van der Waals surface area contributed by atoms with Crippen LogP contribution in [-0.4, -0.2) is 45.0 Å². The van der Waals surface area contributed by atoms with Gasteiger partial charge in [-0.1, -0.05) is 30.3 Å². The Hall–Kier alpha value is -0.875. The van der Waals surface area contributed by atoms with Crippen LogP contribution in [0.1, 0.15) is 5.56 Å².